The first-order valence-corrected chi connectivity index (χ1v) is 8.86. The number of rotatable bonds is 4. The van der Waals surface area contributed by atoms with Gasteiger partial charge in [0.1, 0.15) is 15.8 Å². The van der Waals surface area contributed by atoms with Crippen molar-refractivity contribution in [2.75, 3.05) is 5.32 Å². The van der Waals surface area contributed by atoms with Crippen LogP contribution in [0.4, 0.5) is 5.69 Å². The van der Waals surface area contributed by atoms with E-state index in [4.69, 9.17) is 0 Å². The number of hydrogen-bond donors (Lipinski definition) is 2. The van der Waals surface area contributed by atoms with E-state index < -0.39 is 54.9 Å². The Morgan fingerprint density at radius 2 is 1.74 bits per heavy atom. The molecule has 1 atom stereocenters. The molecule has 16 heteroatoms. The van der Waals surface area contributed by atoms with Crippen LogP contribution in [0, 0.1) is 10.1 Å². The fourth-order valence-corrected chi connectivity index (χ4v) is 2.99. The number of hydrazone groups is 1. The summed E-state index contributed by atoms with van der Waals surface area (Å²) >= 11 is 0. The van der Waals surface area contributed by atoms with E-state index in [1.54, 1.807) is 12.1 Å². The van der Waals surface area contributed by atoms with Gasteiger partial charge in [-0.15, -0.1) is 0 Å². The third kappa shape index (κ3) is 5.94. The fourth-order valence-electron chi connectivity index (χ4n) is 2.47. The summed E-state index contributed by atoms with van der Waals surface area (Å²) < 4.78 is 33.5. The molecular weight excluding hydrogens is 487 g/mol. The molecule has 2 aliphatic rings. The number of carbonyl (C=O) groups excluding carboxylic acids is 3. The summed E-state index contributed by atoms with van der Waals surface area (Å²) in [5, 5.41) is 16.8. The van der Waals surface area contributed by atoms with Crippen molar-refractivity contribution in [3.63, 3.8) is 0 Å². The number of Topliss-reactive ketones (excluding diaryl/α,β-unsaturated/α-hetero) is 2. The van der Waals surface area contributed by atoms with Crippen LogP contribution in [-0.2, 0) is 37.1 Å². The van der Waals surface area contributed by atoms with E-state index in [0.717, 1.165) is 0 Å². The predicted octanol–water partition coefficient (Wildman–Crippen LogP) is -4.52. The molecule has 1 aromatic carbocycles. The summed E-state index contributed by atoms with van der Waals surface area (Å²) in [5.74, 6) is -2.78. The smallest absolute Gasteiger partial charge is 0.744 e. The monoisotopic (exact) mass is 498 g/mol. The summed E-state index contributed by atoms with van der Waals surface area (Å²) in [7, 11) is -5.13. The summed E-state index contributed by atoms with van der Waals surface area (Å²) in [6.07, 6.45) is 0.836. The van der Waals surface area contributed by atoms with Crippen LogP contribution >= 0.6 is 0 Å². The Morgan fingerprint density at radius 3 is 2.32 bits per heavy atom. The molecule has 158 valence electrons. The molecule has 3 rings (SSSR count). The summed E-state index contributed by atoms with van der Waals surface area (Å²) in [6.45, 7) is 0. The minimum absolute atomic E-state index is 0. The maximum absolute atomic E-state index is 12.4. The largest absolute Gasteiger partial charge is 1.00 e. The minimum atomic E-state index is -5.13. The van der Waals surface area contributed by atoms with Gasteiger partial charge in [0.05, 0.1) is 15.5 Å². The maximum Gasteiger partial charge on any atom is 1.00 e. The zero-order valence-electron chi connectivity index (χ0n) is 15.5. The predicted molar refractivity (Wildman–Crippen MR) is 95.2 cm³/mol. The van der Waals surface area contributed by atoms with Crippen LogP contribution in [0.15, 0.2) is 52.1 Å². The summed E-state index contributed by atoms with van der Waals surface area (Å²) in [4.78, 5) is 45.3. The van der Waals surface area contributed by atoms with Crippen molar-refractivity contribution in [2.24, 2.45) is 5.10 Å². The number of hydrogen-bond acceptors (Lipinski definition) is 10. The number of nitrogens with one attached hydrogen (secondary N) is 2. The fraction of sp³-hybridized carbons (Fsp3) is 0.0667. The molecule has 0 saturated carbocycles. The van der Waals surface area contributed by atoms with E-state index in [2.05, 4.69) is 15.8 Å². The number of para-hydroxylation sites is 1. The van der Waals surface area contributed by atoms with E-state index in [-0.39, 0.29) is 63.6 Å². The van der Waals surface area contributed by atoms with Crippen molar-refractivity contribution >= 4 is 39.0 Å². The Hall–Kier alpha value is -2.22. The Morgan fingerprint density at radius 1 is 1.13 bits per heavy atom. The molecule has 31 heavy (non-hydrogen) atoms. The Balaban J connectivity index is 0.00000300. The zero-order valence-corrected chi connectivity index (χ0v) is 19.6. The van der Waals surface area contributed by atoms with Gasteiger partial charge in [-0.25, -0.2) is 8.42 Å². The van der Waals surface area contributed by atoms with Crippen molar-refractivity contribution in [3.05, 3.63) is 62.7 Å². The first-order chi connectivity index (χ1) is 13.1. The summed E-state index contributed by atoms with van der Waals surface area (Å²) in [6, 6.07) is 4.54. The molecular formula is C15H11CrN4NaO9S. The van der Waals surface area contributed by atoms with Crippen LogP contribution in [0.2, 0.25) is 0 Å². The topological polar surface area (TPSA) is 219 Å². The minimum Gasteiger partial charge on any atom is -0.744 e. The molecule has 0 spiro atoms. The van der Waals surface area contributed by atoms with Crippen LogP contribution in [-0.4, -0.2) is 52.6 Å². The number of benzene rings is 1. The first kappa shape index (κ1) is 28.8. The van der Waals surface area contributed by atoms with Crippen molar-refractivity contribution in [2.45, 2.75) is 6.04 Å². The Kier molecular flexibility index (Phi) is 10.1. The third-order valence-corrected chi connectivity index (χ3v) is 4.61. The average molecular weight is 498 g/mol. The van der Waals surface area contributed by atoms with Crippen molar-refractivity contribution in [3.8, 4) is 0 Å². The van der Waals surface area contributed by atoms with Crippen LogP contribution in [0.1, 0.15) is 10.4 Å². The van der Waals surface area contributed by atoms with Crippen molar-refractivity contribution in [1.82, 2.24) is 5.43 Å². The Labute approximate surface area is 207 Å². The number of nitrogens with zero attached hydrogens (tertiary/aromatic N) is 2. The van der Waals surface area contributed by atoms with Gasteiger partial charge < -0.3 is 15.3 Å². The number of fused-ring (bicyclic) bond motifs is 1. The number of nitro groups is 1. The molecule has 1 aliphatic heterocycles. The van der Waals surface area contributed by atoms with E-state index in [1.807, 2.05) is 0 Å². The van der Waals surface area contributed by atoms with E-state index in [0.29, 0.717) is 12.2 Å². The third-order valence-electron chi connectivity index (χ3n) is 3.80. The second-order valence-corrected chi connectivity index (χ2v) is 6.95. The molecule has 1 unspecified atom stereocenters. The zero-order chi connectivity index (χ0) is 20.6. The van der Waals surface area contributed by atoms with Gasteiger partial charge in [0.2, 0.25) is 0 Å². The molecule has 13 nitrogen and oxygen atoms in total. The number of amides is 1. The molecule has 1 aromatic rings. The molecule has 0 radical (unpaired) electrons. The molecule has 0 bridgehead atoms. The van der Waals surface area contributed by atoms with Crippen LogP contribution < -0.4 is 40.3 Å². The van der Waals surface area contributed by atoms with Gasteiger partial charge in [-0.1, -0.05) is 12.1 Å². The van der Waals surface area contributed by atoms with Crippen LogP contribution in [0.3, 0.4) is 0 Å². The van der Waals surface area contributed by atoms with Gasteiger partial charge in [0.25, 0.3) is 11.7 Å². The van der Waals surface area contributed by atoms with Gasteiger partial charge in [-0.2, -0.15) is 5.10 Å². The maximum atomic E-state index is 12.4. The van der Waals surface area contributed by atoms with Gasteiger partial charge in [0, 0.05) is 29.0 Å². The molecule has 1 aliphatic carbocycles. The van der Waals surface area contributed by atoms with Gasteiger partial charge >= 0.3 is 35.3 Å². The SMILES string of the molecule is O.O=C1C([N+](=O)[O-])=CC(S(=O)(=O)[O-])=C/C1=N\NC1C(=O)Nc2ccccc2C1=O.[Cr].[Na+]. The number of anilines is 1. The van der Waals surface area contributed by atoms with Gasteiger partial charge in [0.15, 0.2) is 11.8 Å². The van der Waals surface area contributed by atoms with E-state index in [9.17, 15) is 37.5 Å². The average Bonchev–Trinajstić information content (AvgIpc) is 2.61. The van der Waals surface area contributed by atoms with Crippen molar-refractivity contribution < 1.29 is 84.7 Å². The molecule has 0 fully saturated rings. The second-order valence-electron chi connectivity index (χ2n) is 5.57. The van der Waals surface area contributed by atoms with Crippen LogP contribution in [0.25, 0.3) is 0 Å². The molecule has 4 N–H and O–H groups in total. The number of allylic oxidation sites excluding steroid dienone is 3. The quantitative estimate of drug-likeness (QED) is 0.102. The van der Waals surface area contributed by atoms with E-state index in [1.165, 1.54) is 12.1 Å². The Bertz CT molecular complexity index is 1150. The standard InChI is InChI=1S/C15H10N4O8S.Cr.Na.H2O/c20-13-8-3-1-2-4-9(8)16-15(22)12(13)18-17-10-5-7(28(25,26)27)6-11(14(10)21)19(23)24;;;/h1-6,12,18H,(H,16,22)(H,25,26,27);;;1H2/q;;+1;/p-1/b17-10+;;;. The number of ketones is 2. The van der Waals surface area contributed by atoms with E-state index >= 15 is 0 Å². The molecule has 1 amide bonds. The second kappa shape index (κ2) is 10.9. The van der Waals surface area contributed by atoms with Crippen molar-refractivity contribution in [1.29, 1.82) is 0 Å². The number of carbonyl (C=O) groups is 3. The van der Waals surface area contributed by atoms with Gasteiger partial charge in [-0.05, 0) is 18.2 Å². The normalized spacial score (nSPS) is 18.8. The first-order valence-electron chi connectivity index (χ1n) is 7.45. The van der Waals surface area contributed by atoms with Gasteiger partial charge in [-0.3, -0.25) is 29.9 Å². The molecule has 0 saturated heterocycles. The summed E-state index contributed by atoms with van der Waals surface area (Å²) in [5.41, 5.74) is 0.538. The molecule has 1 heterocycles. The molecule has 0 aromatic heterocycles. The van der Waals surface area contributed by atoms with Crippen LogP contribution in [0.5, 0.6) is 0 Å².